The van der Waals surface area contributed by atoms with E-state index in [1.54, 1.807) is 0 Å². The predicted molar refractivity (Wildman–Crippen MR) is 101 cm³/mol. The molecule has 1 amide bonds. The van der Waals surface area contributed by atoms with Crippen molar-refractivity contribution in [1.29, 1.82) is 0 Å². The molecule has 130 valence electrons. The Morgan fingerprint density at radius 2 is 1.80 bits per heavy atom. The zero-order valence-corrected chi connectivity index (χ0v) is 15.2. The van der Waals surface area contributed by atoms with Gasteiger partial charge in [0.05, 0.1) is 0 Å². The van der Waals surface area contributed by atoms with Gasteiger partial charge in [-0.1, -0.05) is 26.0 Å². The molecular formula is C21H24N2O2. The molecule has 0 atom stereocenters. The highest BCUT2D eigenvalue weighted by Crippen LogP contribution is 2.22. The molecule has 4 nitrogen and oxygen atoms in total. The maximum atomic E-state index is 11.8. The number of rotatable bonds is 5. The number of nitrogens with one attached hydrogen (secondary N) is 1. The molecular weight excluding hydrogens is 312 g/mol. The van der Waals surface area contributed by atoms with Crippen LogP contribution in [0.15, 0.2) is 40.8 Å². The van der Waals surface area contributed by atoms with Crippen LogP contribution in [0, 0.1) is 19.8 Å². The van der Waals surface area contributed by atoms with Crippen LogP contribution in [0.3, 0.4) is 0 Å². The molecule has 3 aromatic rings. The number of fused-ring (bicyclic) bond motifs is 1. The Hall–Kier alpha value is -2.62. The van der Waals surface area contributed by atoms with E-state index >= 15 is 0 Å². The second-order valence-electron chi connectivity index (χ2n) is 7.03. The van der Waals surface area contributed by atoms with Crippen LogP contribution in [-0.4, -0.2) is 10.9 Å². The van der Waals surface area contributed by atoms with Crippen molar-refractivity contribution < 1.29 is 9.21 Å². The minimum absolute atomic E-state index is 0.0486. The number of anilines is 1. The van der Waals surface area contributed by atoms with Crippen LogP contribution in [0.25, 0.3) is 11.1 Å². The zero-order valence-electron chi connectivity index (χ0n) is 15.2. The van der Waals surface area contributed by atoms with E-state index in [1.807, 2.05) is 44.2 Å². The first-order valence-electron chi connectivity index (χ1n) is 8.66. The van der Waals surface area contributed by atoms with Crippen molar-refractivity contribution in [2.24, 2.45) is 5.92 Å². The summed E-state index contributed by atoms with van der Waals surface area (Å²) in [5.74, 6) is 1.11. The molecule has 0 saturated carbocycles. The van der Waals surface area contributed by atoms with Crippen LogP contribution in [0.2, 0.25) is 0 Å². The summed E-state index contributed by atoms with van der Waals surface area (Å²) < 4.78 is 5.87. The lowest BCUT2D eigenvalue weighted by Gasteiger charge is -2.07. The van der Waals surface area contributed by atoms with Crippen molar-refractivity contribution in [1.82, 2.24) is 4.98 Å². The lowest BCUT2D eigenvalue weighted by atomic mass is 10.1. The normalized spacial score (nSPS) is 11.2. The third-order valence-electron chi connectivity index (χ3n) is 4.23. The topological polar surface area (TPSA) is 55.1 Å². The van der Waals surface area contributed by atoms with Crippen molar-refractivity contribution in [3.63, 3.8) is 0 Å². The summed E-state index contributed by atoms with van der Waals surface area (Å²) in [7, 11) is 0. The van der Waals surface area contributed by atoms with Crippen molar-refractivity contribution in [3.05, 3.63) is 59.0 Å². The molecule has 0 fully saturated rings. The molecule has 1 heterocycles. The second-order valence-corrected chi connectivity index (χ2v) is 7.03. The van der Waals surface area contributed by atoms with Gasteiger partial charge >= 0.3 is 0 Å². The van der Waals surface area contributed by atoms with Gasteiger partial charge in [-0.2, -0.15) is 0 Å². The molecule has 0 radical (unpaired) electrons. The van der Waals surface area contributed by atoms with Gasteiger partial charge in [-0.15, -0.1) is 0 Å². The summed E-state index contributed by atoms with van der Waals surface area (Å²) in [6, 6.07) is 11.9. The fourth-order valence-corrected chi connectivity index (χ4v) is 2.77. The van der Waals surface area contributed by atoms with Crippen molar-refractivity contribution in [3.8, 4) is 0 Å². The number of amides is 1. The van der Waals surface area contributed by atoms with Crippen molar-refractivity contribution in [2.75, 3.05) is 5.32 Å². The third-order valence-corrected chi connectivity index (χ3v) is 4.23. The maximum absolute atomic E-state index is 11.8. The number of aryl methyl sites for hydroxylation is 2. The number of carbonyl (C=O) groups excluding carboxylic acids is 1. The highest BCUT2D eigenvalue weighted by atomic mass is 16.3. The van der Waals surface area contributed by atoms with Crippen LogP contribution in [0.4, 0.5) is 5.69 Å². The van der Waals surface area contributed by atoms with Gasteiger partial charge in [-0.25, -0.2) is 4.98 Å². The Morgan fingerprint density at radius 1 is 1.12 bits per heavy atom. The van der Waals surface area contributed by atoms with Gasteiger partial charge in [0.15, 0.2) is 11.5 Å². The van der Waals surface area contributed by atoms with Gasteiger partial charge < -0.3 is 9.73 Å². The van der Waals surface area contributed by atoms with Crippen molar-refractivity contribution >= 4 is 22.7 Å². The van der Waals surface area contributed by atoms with E-state index < -0.39 is 0 Å². The van der Waals surface area contributed by atoms with Crippen molar-refractivity contribution in [2.45, 2.75) is 40.5 Å². The Kier molecular flexibility index (Phi) is 4.88. The molecule has 4 heteroatoms. The van der Waals surface area contributed by atoms with Gasteiger partial charge in [-0.3, -0.25) is 4.79 Å². The molecule has 0 aliphatic heterocycles. The highest BCUT2D eigenvalue weighted by molar-refractivity contribution is 5.90. The smallest absolute Gasteiger partial charge is 0.224 e. The lowest BCUT2D eigenvalue weighted by molar-refractivity contribution is -0.116. The SMILES string of the molecule is Cc1cc2nc(Cc3ccc(NC(=O)CC(C)C)cc3)oc2cc1C. The van der Waals surface area contributed by atoms with E-state index in [9.17, 15) is 4.79 Å². The minimum atomic E-state index is 0.0486. The van der Waals surface area contributed by atoms with E-state index in [4.69, 9.17) is 4.42 Å². The minimum Gasteiger partial charge on any atom is -0.440 e. The average molecular weight is 336 g/mol. The van der Waals surface area contributed by atoms with Gasteiger partial charge in [-0.05, 0) is 60.7 Å². The fraction of sp³-hybridized carbons (Fsp3) is 0.333. The zero-order chi connectivity index (χ0) is 18.0. The van der Waals surface area contributed by atoms with Gasteiger partial charge in [0.25, 0.3) is 0 Å². The van der Waals surface area contributed by atoms with Crippen LogP contribution < -0.4 is 5.32 Å². The molecule has 0 bridgehead atoms. The lowest BCUT2D eigenvalue weighted by Crippen LogP contribution is -2.13. The average Bonchev–Trinajstić information content (AvgIpc) is 2.90. The molecule has 2 aromatic carbocycles. The van der Waals surface area contributed by atoms with E-state index in [-0.39, 0.29) is 5.91 Å². The third kappa shape index (κ3) is 4.27. The molecule has 0 aliphatic carbocycles. The molecule has 0 saturated heterocycles. The highest BCUT2D eigenvalue weighted by Gasteiger charge is 2.09. The second kappa shape index (κ2) is 7.09. The van der Waals surface area contributed by atoms with E-state index in [0.717, 1.165) is 22.4 Å². The quantitative estimate of drug-likeness (QED) is 0.712. The molecule has 0 unspecified atom stereocenters. The molecule has 0 aliphatic rings. The van der Waals surface area contributed by atoms with Gasteiger partial charge in [0.1, 0.15) is 5.52 Å². The molecule has 1 N–H and O–H groups in total. The number of aromatic nitrogens is 1. The monoisotopic (exact) mass is 336 g/mol. The van der Waals surface area contributed by atoms with E-state index in [0.29, 0.717) is 24.7 Å². The Bertz CT molecular complexity index is 853. The fourth-order valence-electron chi connectivity index (χ4n) is 2.77. The Balaban J connectivity index is 1.70. The van der Waals surface area contributed by atoms with Crippen LogP contribution in [0.5, 0.6) is 0 Å². The number of carbonyl (C=O) groups is 1. The number of hydrogen-bond acceptors (Lipinski definition) is 3. The molecule has 1 aromatic heterocycles. The first kappa shape index (κ1) is 17.2. The Labute approximate surface area is 148 Å². The molecule has 3 rings (SSSR count). The number of oxazole rings is 1. The maximum Gasteiger partial charge on any atom is 0.224 e. The predicted octanol–water partition coefficient (Wildman–Crippen LogP) is 5.02. The summed E-state index contributed by atoms with van der Waals surface area (Å²) in [6.45, 7) is 8.22. The standard InChI is InChI=1S/C21H24N2O2/c1-13(2)9-20(24)22-17-7-5-16(6-8-17)12-21-23-18-10-14(3)15(4)11-19(18)25-21/h5-8,10-11,13H,9,12H2,1-4H3,(H,22,24). The van der Waals surface area contributed by atoms with Gasteiger partial charge in [0.2, 0.25) is 5.91 Å². The summed E-state index contributed by atoms with van der Waals surface area (Å²) >= 11 is 0. The molecule has 25 heavy (non-hydrogen) atoms. The Morgan fingerprint density at radius 3 is 2.48 bits per heavy atom. The largest absolute Gasteiger partial charge is 0.440 e. The van der Waals surface area contributed by atoms with Crippen LogP contribution >= 0.6 is 0 Å². The summed E-state index contributed by atoms with van der Waals surface area (Å²) in [5, 5.41) is 2.92. The molecule has 0 spiro atoms. The van der Waals surface area contributed by atoms with Gasteiger partial charge in [0, 0.05) is 18.5 Å². The summed E-state index contributed by atoms with van der Waals surface area (Å²) in [5.41, 5.74) is 6.07. The van der Waals surface area contributed by atoms with Crippen LogP contribution in [-0.2, 0) is 11.2 Å². The number of benzene rings is 2. The number of nitrogens with zero attached hydrogens (tertiary/aromatic N) is 1. The van der Waals surface area contributed by atoms with Crippen LogP contribution in [0.1, 0.15) is 42.8 Å². The first-order valence-corrected chi connectivity index (χ1v) is 8.66. The summed E-state index contributed by atoms with van der Waals surface area (Å²) in [6.07, 6.45) is 1.16. The summed E-state index contributed by atoms with van der Waals surface area (Å²) in [4.78, 5) is 16.4. The van der Waals surface area contributed by atoms with E-state index in [2.05, 4.69) is 30.2 Å². The first-order chi connectivity index (χ1) is 11.9. The number of hydrogen-bond donors (Lipinski definition) is 1. The van der Waals surface area contributed by atoms with E-state index in [1.165, 1.54) is 11.1 Å².